The lowest BCUT2D eigenvalue weighted by atomic mass is 10.1. The molecule has 0 aliphatic heterocycles. The second-order valence-corrected chi connectivity index (χ2v) is 3.14. The van der Waals surface area contributed by atoms with Gasteiger partial charge in [0.1, 0.15) is 5.69 Å². The summed E-state index contributed by atoms with van der Waals surface area (Å²) in [5.74, 6) is 0.455. The van der Waals surface area contributed by atoms with Gasteiger partial charge in [-0.3, -0.25) is 4.98 Å². The van der Waals surface area contributed by atoms with Crippen LogP contribution in [0.2, 0.25) is 0 Å². The van der Waals surface area contributed by atoms with Crippen LogP contribution >= 0.6 is 0 Å². The number of nitrogens with two attached hydrogens (primary N) is 1. The average Bonchev–Trinajstić information content (AvgIpc) is 2.28. The smallest absolute Gasteiger partial charge is 0.237 e. The zero-order valence-electron chi connectivity index (χ0n) is 9.30. The third kappa shape index (κ3) is 2.87. The molecule has 1 rings (SSSR count). The quantitative estimate of drug-likeness (QED) is 0.783. The summed E-state index contributed by atoms with van der Waals surface area (Å²) in [5.41, 5.74) is 6.62. The Hall–Kier alpha value is -1.20. The molecule has 2 atom stereocenters. The van der Waals surface area contributed by atoms with Crippen LogP contribution in [0.4, 0.5) is 0 Å². The van der Waals surface area contributed by atoms with Crippen LogP contribution in [0.3, 0.4) is 0 Å². The molecule has 5 heteroatoms. The fourth-order valence-corrected chi connectivity index (χ4v) is 1.31. The van der Waals surface area contributed by atoms with Crippen molar-refractivity contribution in [1.82, 2.24) is 9.97 Å². The van der Waals surface area contributed by atoms with Crippen molar-refractivity contribution in [2.24, 2.45) is 5.73 Å². The Bertz CT molecular complexity index is 306. The van der Waals surface area contributed by atoms with E-state index in [-0.39, 0.29) is 12.1 Å². The molecule has 84 valence electrons. The van der Waals surface area contributed by atoms with Crippen LogP contribution < -0.4 is 10.5 Å². The highest BCUT2D eigenvalue weighted by Gasteiger charge is 2.20. The molecule has 0 radical (unpaired) electrons. The molecule has 0 saturated carbocycles. The number of hydrogen-bond acceptors (Lipinski definition) is 5. The van der Waals surface area contributed by atoms with E-state index in [9.17, 15) is 0 Å². The first kappa shape index (κ1) is 11.9. The fraction of sp³-hybridized carbons (Fsp3) is 0.600. The van der Waals surface area contributed by atoms with E-state index in [1.54, 1.807) is 19.5 Å². The van der Waals surface area contributed by atoms with Gasteiger partial charge in [0.2, 0.25) is 5.88 Å². The Labute approximate surface area is 89.6 Å². The largest absolute Gasteiger partial charge is 0.480 e. The summed E-state index contributed by atoms with van der Waals surface area (Å²) in [4.78, 5) is 8.20. The molecule has 0 aliphatic carbocycles. The van der Waals surface area contributed by atoms with Gasteiger partial charge < -0.3 is 15.2 Å². The lowest BCUT2D eigenvalue weighted by Gasteiger charge is -2.20. The minimum Gasteiger partial charge on any atom is -0.480 e. The van der Waals surface area contributed by atoms with E-state index in [0.29, 0.717) is 18.2 Å². The Morgan fingerprint density at radius 2 is 2.07 bits per heavy atom. The third-order valence-electron chi connectivity index (χ3n) is 2.14. The average molecular weight is 211 g/mol. The number of rotatable bonds is 5. The Morgan fingerprint density at radius 1 is 1.40 bits per heavy atom. The predicted molar refractivity (Wildman–Crippen MR) is 56.6 cm³/mol. The fourth-order valence-electron chi connectivity index (χ4n) is 1.31. The molecule has 5 nitrogen and oxygen atoms in total. The van der Waals surface area contributed by atoms with Crippen molar-refractivity contribution in [3.05, 3.63) is 18.1 Å². The first-order valence-corrected chi connectivity index (χ1v) is 4.92. The summed E-state index contributed by atoms with van der Waals surface area (Å²) in [7, 11) is 1.55. The van der Waals surface area contributed by atoms with E-state index in [1.165, 1.54) is 0 Å². The van der Waals surface area contributed by atoms with E-state index in [1.807, 2.05) is 13.8 Å². The van der Waals surface area contributed by atoms with Crippen molar-refractivity contribution in [1.29, 1.82) is 0 Å². The van der Waals surface area contributed by atoms with Gasteiger partial charge in [-0.1, -0.05) is 0 Å². The van der Waals surface area contributed by atoms with Crippen molar-refractivity contribution in [3.63, 3.8) is 0 Å². The second-order valence-electron chi connectivity index (χ2n) is 3.14. The molecule has 0 fully saturated rings. The molecule has 0 aromatic carbocycles. The maximum atomic E-state index is 5.99. The normalized spacial score (nSPS) is 14.7. The zero-order valence-corrected chi connectivity index (χ0v) is 9.30. The van der Waals surface area contributed by atoms with Gasteiger partial charge in [0.25, 0.3) is 0 Å². The minimum atomic E-state index is -0.325. The van der Waals surface area contributed by atoms with Gasteiger partial charge in [-0.15, -0.1) is 0 Å². The van der Waals surface area contributed by atoms with Crippen LogP contribution in [0.5, 0.6) is 5.88 Å². The number of nitrogens with zero attached hydrogens (tertiary/aromatic N) is 2. The summed E-state index contributed by atoms with van der Waals surface area (Å²) < 4.78 is 10.5. The van der Waals surface area contributed by atoms with E-state index in [2.05, 4.69) is 9.97 Å². The highest BCUT2D eigenvalue weighted by molar-refractivity contribution is 5.21. The van der Waals surface area contributed by atoms with Crippen LogP contribution in [-0.4, -0.2) is 29.8 Å². The van der Waals surface area contributed by atoms with Crippen LogP contribution in [0.15, 0.2) is 12.4 Å². The zero-order chi connectivity index (χ0) is 11.3. The highest BCUT2D eigenvalue weighted by atomic mass is 16.5. The van der Waals surface area contributed by atoms with Gasteiger partial charge in [0.05, 0.1) is 19.3 Å². The molecule has 1 aromatic heterocycles. The molecular weight excluding hydrogens is 194 g/mol. The first-order valence-electron chi connectivity index (χ1n) is 4.92. The summed E-state index contributed by atoms with van der Waals surface area (Å²) in [6, 6.07) is -0.325. The van der Waals surface area contributed by atoms with Gasteiger partial charge >= 0.3 is 0 Å². The topological polar surface area (TPSA) is 70.3 Å². The predicted octanol–water partition coefficient (Wildman–Crippen LogP) is 0.910. The molecule has 1 heterocycles. The van der Waals surface area contributed by atoms with Gasteiger partial charge in [0, 0.05) is 19.0 Å². The molecule has 2 N–H and O–H groups in total. The molecule has 1 aromatic rings. The minimum absolute atomic E-state index is 0.111. The number of ether oxygens (including phenoxy) is 2. The van der Waals surface area contributed by atoms with Crippen molar-refractivity contribution in [3.8, 4) is 5.88 Å². The Morgan fingerprint density at radius 3 is 2.67 bits per heavy atom. The Kier molecular flexibility index (Phi) is 4.45. The second kappa shape index (κ2) is 5.63. The molecular formula is C10H17N3O2. The molecule has 0 aliphatic rings. The van der Waals surface area contributed by atoms with Crippen molar-refractivity contribution in [2.45, 2.75) is 26.0 Å². The molecule has 0 saturated heterocycles. The summed E-state index contributed by atoms with van der Waals surface area (Å²) in [6.45, 7) is 4.46. The maximum Gasteiger partial charge on any atom is 0.237 e. The highest BCUT2D eigenvalue weighted by Crippen LogP contribution is 2.21. The first-order chi connectivity index (χ1) is 7.20. The molecule has 0 spiro atoms. The number of methoxy groups -OCH3 is 1. The molecule has 15 heavy (non-hydrogen) atoms. The van der Waals surface area contributed by atoms with E-state index in [4.69, 9.17) is 15.2 Å². The number of aromatic nitrogens is 2. The lowest BCUT2D eigenvalue weighted by Crippen LogP contribution is -2.27. The van der Waals surface area contributed by atoms with E-state index in [0.717, 1.165) is 0 Å². The van der Waals surface area contributed by atoms with Gasteiger partial charge in [-0.25, -0.2) is 4.98 Å². The van der Waals surface area contributed by atoms with E-state index >= 15 is 0 Å². The van der Waals surface area contributed by atoms with Crippen molar-refractivity contribution < 1.29 is 9.47 Å². The van der Waals surface area contributed by atoms with Gasteiger partial charge in [-0.05, 0) is 13.8 Å². The monoisotopic (exact) mass is 211 g/mol. The molecule has 0 amide bonds. The van der Waals surface area contributed by atoms with Crippen LogP contribution in [0.1, 0.15) is 25.6 Å². The van der Waals surface area contributed by atoms with Crippen molar-refractivity contribution in [2.75, 3.05) is 13.7 Å². The van der Waals surface area contributed by atoms with Crippen LogP contribution in [0.25, 0.3) is 0 Å². The molecule has 0 bridgehead atoms. The van der Waals surface area contributed by atoms with E-state index < -0.39 is 0 Å². The summed E-state index contributed by atoms with van der Waals surface area (Å²) >= 11 is 0. The van der Waals surface area contributed by atoms with Crippen LogP contribution in [-0.2, 0) is 4.74 Å². The van der Waals surface area contributed by atoms with Crippen molar-refractivity contribution >= 4 is 0 Å². The third-order valence-corrected chi connectivity index (χ3v) is 2.14. The molecule has 2 unspecified atom stereocenters. The summed E-state index contributed by atoms with van der Waals surface area (Å²) in [6.07, 6.45) is 3.05. The van der Waals surface area contributed by atoms with Crippen LogP contribution in [0, 0.1) is 0 Å². The standard InChI is InChI=1S/C10H17N3O2/c1-4-15-7(2)8(11)9-10(14-3)13-6-5-12-9/h5-8H,4,11H2,1-3H3. The maximum absolute atomic E-state index is 5.99. The van der Waals surface area contributed by atoms with Gasteiger partial charge in [0.15, 0.2) is 0 Å². The SMILES string of the molecule is CCOC(C)C(N)c1nccnc1OC. The number of hydrogen-bond donors (Lipinski definition) is 1. The van der Waals surface area contributed by atoms with Gasteiger partial charge in [-0.2, -0.15) is 0 Å². The lowest BCUT2D eigenvalue weighted by molar-refractivity contribution is 0.0556. The Balaban J connectivity index is 2.84. The summed E-state index contributed by atoms with van der Waals surface area (Å²) in [5, 5.41) is 0.